The van der Waals surface area contributed by atoms with Crippen LogP contribution in [0, 0.1) is 12.3 Å². The predicted octanol–water partition coefficient (Wildman–Crippen LogP) is -1.10. The van der Waals surface area contributed by atoms with Gasteiger partial charge in [0.2, 0.25) is 10.0 Å². The first kappa shape index (κ1) is 15.4. The number of carboxylic acid groups (broad SMARTS) is 1. The van der Waals surface area contributed by atoms with Crippen LogP contribution in [0.2, 0.25) is 0 Å². The summed E-state index contributed by atoms with van der Waals surface area (Å²) >= 11 is 0. The van der Waals surface area contributed by atoms with Crippen LogP contribution in [-0.4, -0.2) is 55.2 Å². The van der Waals surface area contributed by atoms with Crippen molar-refractivity contribution in [1.29, 1.82) is 0 Å². The molecule has 0 atom stereocenters. The number of nitrogens with zero attached hydrogens (tertiary/aromatic N) is 1. The Morgan fingerprint density at radius 2 is 2.06 bits per heavy atom. The lowest BCUT2D eigenvalue weighted by molar-refractivity contribution is -0.140. The summed E-state index contributed by atoms with van der Waals surface area (Å²) in [6.07, 6.45) is 4.93. The number of esters is 1. The fourth-order valence-corrected chi connectivity index (χ4v) is 2.09. The number of hydrogen-bond acceptors (Lipinski definition) is 5. The quantitative estimate of drug-likeness (QED) is 0.462. The van der Waals surface area contributed by atoms with E-state index in [4.69, 9.17) is 11.5 Å². The van der Waals surface area contributed by atoms with Crippen LogP contribution < -0.4 is 0 Å². The van der Waals surface area contributed by atoms with E-state index in [9.17, 15) is 18.0 Å². The molecular weight excluding hydrogens is 250 g/mol. The minimum absolute atomic E-state index is 0.0441. The largest absolute Gasteiger partial charge is 0.480 e. The Morgan fingerprint density at radius 1 is 1.47 bits per heavy atom. The fraction of sp³-hybridized carbons (Fsp3) is 0.556. The zero-order chi connectivity index (χ0) is 13.5. The minimum atomic E-state index is -4.07. The Balaban J connectivity index is 4.78. The lowest BCUT2D eigenvalue weighted by Gasteiger charge is -2.16. The van der Waals surface area contributed by atoms with Gasteiger partial charge in [0.25, 0.3) is 0 Å². The van der Waals surface area contributed by atoms with E-state index < -0.39 is 40.8 Å². The van der Waals surface area contributed by atoms with Crippen molar-refractivity contribution >= 4 is 22.0 Å². The van der Waals surface area contributed by atoms with Gasteiger partial charge in [0, 0.05) is 0 Å². The molecule has 8 heteroatoms. The molecule has 7 nitrogen and oxygen atoms in total. The van der Waals surface area contributed by atoms with E-state index in [2.05, 4.69) is 4.74 Å². The zero-order valence-corrected chi connectivity index (χ0v) is 10.1. The van der Waals surface area contributed by atoms with Gasteiger partial charge in [-0.05, 0) is 6.92 Å². The maximum absolute atomic E-state index is 11.6. The van der Waals surface area contributed by atoms with Gasteiger partial charge >= 0.3 is 11.9 Å². The van der Waals surface area contributed by atoms with Crippen molar-refractivity contribution in [3.63, 3.8) is 0 Å². The van der Waals surface area contributed by atoms with Crippen LogP contribution in [0.25, 0.3) is 0 Å². The summed E-state index contributed by atoms with van der Waals surface area (Å²) in [4.78, 5) is 21.5. The standard InChI is InChI=1S/C9H13NO6S/c1-3-5-10(6-8(11)12)17(14,15)7-9(13)16-4-2/h1H,4-7H2,2H3,(H,11,12). The van der Waals surface area contributed by atoms with E-state index in [1.54, 1.807) is 0 Å². The summed E-state index contributed by atoms with van der Waals surface area (Å²) < 4.78 is 28.2. The van der Waals surface area contributed by atoms with Crippen LogP contribution in [0.4, 0.5) is 0 Å². The number of carboxylic acids is 1. The topological polar surface area (TPSA) is 101 Å². The molecule has 0 aliphatic heterocycles. The molecule has 0 aromatic heterocycles. The van der Waals surface area contributed by atoms with E-state index in [-0.39, 0.29) is 6.61 Å². The first-order chi connectivity index (χ1) is 7.83. The molecule has 0 radical (unpaired) electrons. The lowest BCUT2D eigenvalue weighted by Crippen LogP contribution is -2.39. The van der Waals surface area contributed by atoms with Gasteiger partial charge in [0.15, 0.2) is 5.75 Å². The highest BCUT2D eigenvalue weighted by atomic mass is 32.2. The molecule has 0 saturated heterocycles. The molecule has 0 heterocycles. The van der Waals surface area contributed by atoms with E-state index in [0.29, 0.717) is 4.31 Å². The Labute approximate surface area is 99.4 Å². The van der Waals surface area contributed by atoms with Gasteiger partial charge in [-0.2, -0.15) is 4.31 Å². The van der Waals surface area contributed by atoms with Crippen LogP contribution >= 0.6 is 0 Å². The minimum Gasteiger partial charge on any atom is -0.480 e. The molecule has 0 fully saturated rings. The fourth-order valence-electron chi connectivity index (χ4n) is 0.948. The van der Waals surface area contributed by atoms with Gasteiger partial charge in [-0.3, -0.25) is 9.59 Å². The molecule has 1 N–H and O–H groups in total. The summed E-state index contributed by atoms with van der Waals surface area (Å²) in [5, 5.41) is 8.52. The number of hydrogen-bond donors (Lipinski definition) is 1. The third kappa shape index (κ3) is 5.89. The molecule has 0 aromatic rings. The number of terminal acetylenes is 1. The SMILES string of the molecule is C#CCN(CC(=O)O)S(=O)(=O)CC(=O)OCC. The average molecular weight is 263 g/mol. The molecular formula is C9H13NO6S. The molecule has 0 saturated carbocycles. The molecule has 0 aliphatic carbocycles. The van der Waals surface area contributed by atoms with Crippen molar-refractivity contribution in [2.24, 2.45) is 0 Å². The van der Waals surface area contributed by atoms with Gasteiger partial charge in [-0.25, -0.2) is 8.42 Å². The highest BCUT2D eigenvalue weighted by Crippen LogP contribution is 2.02. The summed E-state index contributed by atoms with van der Waals surface area (Å²) in [5.74, 6) is -1.20. The Morgan fingerprint density at radius 3 is 2.47 bits per heavy atom. The number of carbonyl (C=O) groups is 2. The normalized spacial score (nSPS) is 10.9. The monoisotopic (exact) mass is 263 g/mol. The number of rotatable bonds is 7. The first-order valence-corrected chi connectivity index (χ1v) is 6.23. The highest BCUT2D eigenvalue weighted by molar-refractivity contribution is 7.89. The first-order valence-electron chi connectivity index (χ1n) is 4.62. The molecule has 0 amide bonds. The Kier molecular flexibility index (Phi) is 6.23. The van der Waals surface area contributed by atoms with Crippen LogP contribution in [-0.2, 0) is 24.3 Å². The Hall–Kier alpha value is -1.59. The van der Waals surface area contributed by atoms with Crippen molar-refractivity contribution in [2.45, 2.75) is 6.92 Å². The van der Waals surface area contributed by atoms with E-state index in [1.165, 1.54) is 6.92 Å². The molecule has 96 valence electrons. The highest BCUT2D eigenvalue weighted by Gasteiger charge is 2.27. The molecule has 0 aromatic carbocycles. The molecule has 0 spiro atoms. The number of ether oxygens (including phenoxy) is 1. The second kappa shape index (κ2) is 6.88. The van der Waals surface area contributed by atoms with Crippen molar-refractivity contribution in [3.05, 3.63) is 0 Å². The molecule has 0 aliphatic rings. The van der Waals surface area contributed by atoms with Gasteiger partial charge in [0.05, 0.1) is 13.2 Å². The maximum atomic E-state index is 11.6. The Bertz CT molecular complexity index is 421. The van der Waals surface area contributed by atoms with E-state index in [1.807, 2.05) is 5.92 Å². The zero-order valence-electron chi connectivity index (χ0n) is 9.25. The van der Waals surface area contributed by atoms with Gasteiger partial charge in [-0.15, -0.1) is 6.42 Å². The van der Waals surface area contributed by atoms with E-state index in [0.717, 1.165) is 0 Å². The molecule has 0 rings (SSSR count). The van der Waals surface area contributed by atoms with Crippen molar-refractivity contribution in [2.75, 3.05) is 25.4 Å². The third-order valence-electron chi connectivity index (χ3n) is 1.58. The van der Waals surface area contributed by atoms with Crippen LogP contribution in [0.3, 0.4) is 0 Å². The summed E-state index contributed by atoms with van der Waals surface area (Å²) in [6, 6.07) is 0. The number of sulfonamides is 1. The predicted molar refractivity (Wildman–Crippen MR) is 58.5 cm³/mol. The van der Waals surface area contributed by atoms with Gasteiger partial charge in [0.1, 0.15) is 6.54 Å². The van der Waals surface area contributed by atoms with Gasteiger partial charge in [-0.1, -0.05) is 5.92 Å². The number of aliphatic carboxylic acids is 1. The second-order valence-corrected chi connectivity index (χ2v) is 4.90. The average Bonchev–Trinajstić information content (AvgIpc) is 2.15. The van der Waals surface area contributed by atoms with Crippen molar-refractivity contribution in [1.82, 2.24) is 4.31 Å². The number of carbonyl (C=O) groups excluding carboxylic acids is 1. The van der Waals surface area contributed by atoms with Gasteiger partial charge < -0.3 is 9.84 Å². The maximum Gasteiger partial charge on any atom is 0.322 e. The van der Waals surface area contributed by atoms with Crippen molar-refractivity contribution < 1.29 is 27.9 Å². The van der Waals surface area contributed by atoms with Crippen LogP contribution in [0.5, 0.6) is 0 Å². The lowest BCUT2D eigenvalue weighted by atomic mass is 10.6. The smallest absolute Gasteiger partial charge is 0.322 e. The summed E-state index contributed by atoms with van der Waals surface area (Å²) in [6.45, 7) is 0.378. The van der Waals surface area contributed by atoms with E-state index >= 15 is 0 Å². The molecule has 0 unspecified atom stereocenters. The summed E-state index contributed by atoms with van der Waals surface area (Å²) in [7, 11) is -4.07. The second-order valence-electron chi connectivity index (χ2n) is 2.93. The van der Waals surface area contributed by atoms with Crippen molar-refractivity contribution in [3.8, 4) is 12.3 Å². The molecule has 0 bridgehead atoms. The van der Waals surface area contributed by atoms with Crippen LogP contribution in [0.1, 0.15) is 6.92 Å². The molecule has 17 heavy (non-hydrogen) atoms. The van der Waals surface area contributed by atoms with Crippen LogP contribution in [0.15, 0.2) is 0 Å². The third-order valence-corrected chi connectivity index (χ3v) is 3.22. The summed E-state index contributed by atoms with van der Waals surface area (Å²) in [5.41, 5.74) is 0.